The van der Waals surface area contributed by atoms with E-state index in [4.69, 9.17) is 0 Å². The molecular weight excluding hydrogens is 368 g/mol. The molecule has 0 bridgehead atoms. The molecule has 0 aliphatic carbocycles. The number of hydrogen-bond acceptors (Lipinski definition) is 3. The monoisotopic (exact) mass is 392 g/mol. The average molecular weight is 392 g/mol. The third-order valence-electron chi connectivity index (χ3n) is 5.58. The van der Waals surface area contributed by atoms with E-state index in [1.54, 1.807) is 36.2 Å². The van der Waals surface area contributed by atoms with Crippen molar-refractivity contribution in [3.8, 4) is 0 Å². The summed E-state index contributed by atoms with van der Waals surface area (Å²) >= 11 is 0. The van der Waals surface area contributed by atoms with Gasteiger partial charge in [-0.05, 0) is 42.7 Å². The summed E-state index contributed by atoms with van der Waals surface area (Å²) in [5.41, 5.74) is 3.16. The first-order valence-corrected chi connectivity index (χ1v) is 9.85. The smallest absolute Gasteiger partial charge is 0.321 e. The van der Waals surface area contributed by atoms with Crippen LogP contribution in [0.3, 0.4) is 0 Å². The number of hydrogen-bond donors (Lipinski definition) is 2. The van der Waals surface area contributed by atoms with E-state index in [1.807, 2.05) is 29.2 Å². The molecule has 7 heteroatoms. The molecule has 29 heavy (non-hydrogen) atoms. The fourth-order valence-corrected chi connectivity index (χ4v) is 4.09. The van der Waals surface area contributed by atoms with E-state index in [0.29, 0.717) is 30.8 Å². The van der Waals surface area contributed by atoms with Crippen molar-refractivity contribution in [2.24, 2.45) is 0 Å². The topological polar surface area (TPSA) is 81.8 Å². The number of nitrogens with zero attached hydrogens (tertiary/aromatic N) is 2. The number of rotatable bonds is 3. The molecule has 150 valence electrons. The Morgan fingerprint density at radius 1 is 1.03 bits per heavy atom. The molecule has 2 aromatic carbocycles. The molecule has 0 unspecified atom stereocenters. The zero-order valence-electron chi connectivity index (χ0n) is 16.4. The Hall–Kier alpha value is -3.35. The Bertz CT molecular complexity index is 951. The minimum absolute atomic E-state index is 0.117. The van der Waals surface area contributed by atoms with E-state index < -0.39 is 0 Å². The average Bonchev–Trinajstić information content (AvgIpc) is 3.09. The predicted molar refractivity (Wildman–Crippen MR) is 111 cm³/mol. The second-order valence-electron chi connectivity index (χ2n) is 7.38. The van der Waals surface area contributed by atoms with Gasteiger partial charge in [0.1, 0.15) is 0 Å². The maximum Gasteiger partial charge on any atom is 0.321 e. The van der Waals surface area contributed by atoms with Gasteiger partial charge in [-0.3, -0.25) is 9.59 Å². The Labute approximate surface area is 169 Å². The Balaban J connectivity index is 1.37. The summed E-state index contributed by atoms with van der Waals surface area (Å²) in [6.07, 6.45) is 1.94. The molecule has 1 fully saturated rings. The lowest BCUT2D eigenvalue weighted by Crippen LogP contribution is -2.49. The maximum atomic E-state index is 12.6. The van der Waals surface area contributed by atoms with E-state index in [1.165, 1.54) is 0 Å². The first-order chi connectivity index (χ1) is 14.1. The molecular formula is C22H24N4O3. The highest BCUT2D eigenvalue weighted by Crippen LogP contribution is 2.33. The molecule has 7 nitrogen and oxygen atoms in total. The summed E-state index contributed by atoms with van der Waals surface area (Å²) < 4.78 is 0. The lowest BCUT2D eigenvalue weighted by atomic mass is 10.0. The summed E-state index contributed by atoms with van der Waals surface area (Å²) in [7, 11) is 1.57. The van der Waals surface area contributed by atoms with Gasteiger partial charge in [-0.25, -0.2) is 4.79 Å². The molecule has 2 N–H and O–H groups in total. The number of benzene rings is 2. The SMILES string of the molecule is CNC(=O)c1cccc(NC(=O)N2CCC(N3C(=O)Cc4ccccc43)CC2)c1. The van der Waals surface area contributed by atoms with Crippen LogP contribution in [0.25, 0.3) is 0 Å². The van der Waals surface area contributed by atoms with Crippen molar-refractivity contribution in [1.82, 2.24) is 10.2 Å². The summed E-state index contributed by atoms with van der Waals surface area (Å²) in [5.74, 6) is -0.0578. The third-order valence-corrected chi connectivity index (χ3v) is 5.58. The Morgan fingerprint density at radius 2 is 1.79 bits per heavy atom. The number of carbonyl (C=O) groups is 3. The molecule has 2 aromatic rings. The molecule has 0 spiro atoms. The second kappa shape index (κ2) is 7.95. The van der Waals surface area contributed by atoms with Crippen molar-refractivity contribution in [2.45, 2.75) is 25.3 Å². The molecule has 1 saturated heterocycles. The number of urea groups is 1. The van der Waals surface area contributed by atoms with Crippen LogP contribution in [0.1, 0.15) is 28.8 Å². The molecule has 0 radical (unpaired) electrons. The van der Waals surface area contributed by atoms with Crippen molar-refractivity contribution < 1.29 is 14.4 Å². The molecule has 2 heterocycles. The number of carbonyl (C=O) groups excluding carboxylic acids is 3. The zero-order valence-corrected chi connectivity index (χ0v) is 16.4. The standard InChI is InChI=1S/C22H24N4O3/c1-23-21(28)16-6-4-7-17(13-16)24-22(29)25-11-9-18(10-12-25)26-19-8-3-2-5-15(19)14-20(26)27/h2-8,13,18H,9-12,14H2,1H3,(H,23,28)(H,24,29). The number of amides is 4. The summed E-state index contributed by atoms with van der Waals surface area (Å²) in [5, 5.41) is 5.44. The fraction of sp³-hybridized carbons (Fsp3) is 0.318. The van der Waals surface area contributed by atoms with E-state index >= 15 is 0 Å². The molecule has 2 aliphatic rings. The summed E-state index contributed by atoms with van der Waals surface area (Å²) in [6, 6.07) is 14.7. The molecule has 0 aromatic heterocycles. The first kappa shape index (κ1) is 19.0. The molecule has 2 aliphatic heterocycles. The van der Waals surface area contributed by atoms with Gasteiger partial charge >= 0.3 is 6.03 Å². The van der Waals surface area contributed by atoms with Crippen molar-refractivity contribution in [1.29, 1.82) is 0 Å². The van der Waals surface area contributed by atoms with Crippen molar-refractivity contribution >= 4 is 29.2 Å². The summed E-state index contributed by atoms with van der Waals surface area (Å²) in [4.78, 5) is 40.6. The Morgan fingerprint density at radius 3 is 2.55 bits per heavy atom. The highest BCUT2D eigenvalue weighted by molar-refractivity contribution is 6.02. The van der Waals surface area contributed by atoms with Crippen LogP contribution in [0, 0.1) is 0 Å². The fourth-order valence-electron chi connectivity index (χ4n) is 4.09. The van der Waals surface area contributed by atoms with Crippen molar-refractivity contribution in [2.75, 3.05) is 30.4 Å². The highest BCUT2D eigenvalue weighted by atomic mass is 16.2. The minimum Gasteiger partial charge on any atom is -0.355 e. The van der Waals surface area contributed by atoms with Gasteiger partial charge < -0.3 is 20.4 Å². The van der Waals surface area contributed by atoms with Crippen LogP contribution in [-0.2, 0) is 11.2 Å². The van der Waals surface area contributed by atoms with Crippen LogP contribution in [0.4, 0.5) is 16.2 Å². The van der Waals surface area contributed by atoms with E-state index in [9.17, 15) is 14.4 Å². The van der Waals surface area contributed by atoms with E-state index in [0.717, 1.165) is 24.1 Å². The number of nitrogens with one attached hydrogen (secondary N) is 2. The van der Waals surface area contributed by atoms with Gasteiger partial charge in [0, 0.05) is 43.1 Å². The number of piperidine rings is 1. The normalized spacial score (nSPS) is 16.5. The Kier molecular flexibility index (Phi) is 5.20. The van der Waals surface area contributed by atoms with Gasteiger partial charge in [-0.2, -0.15) is 0 Å². The van der Waals surface area contributed by atoms with Gasteiger partial charge in [-0.1, -0.05) is 24.3 Å². The van der Waals surface area contributed by atoms with Gasteiger partial charge in [0.15, 0.2) is 0 Å². The number of para-hydroxylation sites is 1. The molecule has 4 rings (SSSR count). The molecule has 4 amide bonds. The number of anilines is 2. The van der Waals surface area contributed by atoms with E-state index in [2.05, 4.69) is 10.6 Å². The third kappa shape index (κ3) is 3.81. The number of likely N-dealkylation sites (tertiary alicyclic amines) is 1. The highest BCUT2D eigenvalue weighted by Gasteiger charge is 2.35. The molecule has 0 saturated carbocycles. The van der Waals surface area contributed by atoms with Gasteiger partial charge in [0.05, 0.1) is 6.42 Å². The van der Waals surface area contributed by atoms with Crippen molar-refractivity contribution in [3.63, 3.8) is 0 Å². The van der Waals surface area contributed by atoms with Crippen LogP contribution < -0.4 is 15.5 Å². The minimum atomic E-state index is -0.197. The number of fused-ring (bicyclic) bond motifs is 1. The van der Waals surface area contributed by atoms with Gasteiger partial charge in [0.25, 0.3) is 5.91 Å². The van der Waals surface area contributed by atoms with Gasteiger partial charge in [-0.15, -0.1) is 0 Å². The quantitative estimate of drug-likeness (QED) is 0.843. The van der Waals surface area contributed by atoms with Crippen LogP contribution in [0.5, 0.6) is 0 Å². The first-order valence-electron chi connectivity index (χ1n) is 9.85. The zero-order chi connectivity index (χ0) is 20.4. The molecule has 0 atom stereocenters. The lowest BCUT2D eigenvalue weighted by Gasteiger charge is -2.37. The lowest BCUT2D eigenvalue weighted by molar-refractivity contribution is -0.118. The van der Waals surface area contributed by atoms with Crippen LogP contribution >= 0.6 is 0 Å². The van der Waals surface area contributed by atoms with Crippen LogP contribution in [-0.4, -0.2) is 48.9 Å². The van der Waals surface area contributed by atoms with Gasteiger partial charge in [0.2, 0.25) is 5.91 Å². The van der Waals surface area contributed by atoms with E-state index in [-0.39, 0.29) is 23.9 Å². The van der Waals surface area contributed by atoms with Crippen molar-refractivity contribution in [3.05, 3.63) is 59.7 Å². The summed E-state index contributed by atoms with van der Waals surface area (Å²) in [6.45, 7) is 1.16. The largest absolute Gasteiger partial charge is 0.355 e. The van der Waals surface area contributed by atoms with Crippen LogP contribution in [0.15, 0.2) is 48.5 Å². The van der Waals surface area contributed by atoms with Crippen LogP contribution in [0.2, 0.25) is 0 Å². The predicted octanol–water partition coefficient (Wildman–Crippen LogP) is 2.63. The second-order valence-corrected chi connectivity index (χ2v) is 7.38. The maximum absolute atomic E-state index is 12.6.